The van der Waals surface area contributed by atoms with Crippen molar-refractivity contribution in [1.29, 1.82) is 0 Å². The number of hydrogen-bond donors (Lipinski definition) is 0. The number of rotatable bonds is 1. The summed E-state index contributed by atoms with van der Waals surface area (Å²) < 4.78 is 10.1. The minimum atomic E-state index is -0.375. The Balaban J connectivity index is 1.97. The average molecular weight is 84.5 g/mol. The van der Waals surface area contributed by atoms with Crippen molar-refractivity contribution in [3.63, 3.8) is 0 Å². The van der Waals surface area contributed by atoms with Gasteiger partial charge in [-0.25, -0.2) is 0 Å². The van der Waals surface area contributed by atoms with Crippen molar-refractivity contribution in [2.45, 2.75) is 0 Å². The lowest BCUT2D eigenvalue weighted by atomic mass is 11.7. The van der Waals surface area contributed by atoms with Crippen LogP contribution in [0.4, 0.5) is 4.53 Å². The molecule has 0 fully saturated rings. The molecule has 0 aromatic heterocycles. The molecule has 1 nitrogen and oxygen atoms in total. The highest BCUT2D eigenvalue weighted by atomic mass is 35.5. The Labute approximate surface area is 28.2 Å². The van der Waals surface area contributed by atoms with E-state index in [2.05, 4.69) is 16.5 Å². The first-order valence-electron chi connectivity index (χ1n) is 0.710. The summed E-state index contributed by atoms with van der Waals surface area (Å²) >= 11 is 4.59. The molecule has 0 amide bonds. The van der Waals surface area contributed by atoms with Crippen molar-refractivity contribution < 1.29 is 9.47 Å². The SMILES string of the molecule is FOCCl. The number of halogens is 2. The van der Waals surface area contributed by atoms with Gasteiger partial charge in [0.15, 0.2) is 6.07 Å². The topological polar surface area (TPSA) is 9.23 Å². The summed E-state index contributed by atoms with van der Waals surface area (Å²) in [5.74, 6) is 0. The third kappa shape index (κ3) is 2.18. The van der Waals surface area contributed by atoms with Crippen molar-refractivity contribution in [3.8, 4) is 0 Å². The summed E-state index contributed by atoms with van der Waals surface area (Å²) in [6, 6.07) is -0.375. The highest BCUT2D eigenvalue weighted by Crippen LogP contribution is 1.73. The van der Waals surface area contributed by atoms with Gasteiger partial charge in [-0.3, -0.25) is 0 Å². The van der Waals surface area contributed by atoms with Gasteiger partial charge in [-0.1, -0.05) is 11.6 Å². The van der Waals surface area contributed by atoms with Crippen molar-refractivity contribution in [1.82, 2.24) is 0 Å². The molecule has 0 aliphatic heterocycles. The van der Waals surface area contributed by atoms with Crippen molar-refractivity contribution in [2.75, 3.05) is 6.07 Å². The lowest BCUT2D eigenvalue weighted by Crippen LogP contribution is -1.60. The molecule has 0 saturated carbocycles. The third-order valence-electron chi connectivity index (χ3n) is 0.0412. The second-order valence-corrected chi connectivity index (χ2v) is 0.436. The first kappa shape index (κ1) is 4.18. The van der Waals surface area contributed by atoms with E-state index < -0.39 is 0 Å². The van der Waals surface area contributed by atoms with Crippen LogP contribution in [-0.2, 0) is 4.94 Å². The van der Waals surface area contributed by atoms with Crippen molar-refractivity contribution in [2.24, 2.45) is 0 Å². The molecule has 0 aliphatic rings. The first-order chi connectivity index (χ1) is 1.91. The largest absolute Gasteiger partial charge is 0.178 e. The molecule has 0 saturated heterocycles. The molecular weight excluding hydrogens is 82.5 g/mol. The minimum absolute atomic E-state index is 0.375. The van der Waals surface area contributed by atoms with E-state index in [1.54, 1.807) is 0 Å². The zero-order valence-electron chi connectivity index (χ0n) is 1.87. The molecule has 0 heterocycles. The van der Waals surface area contributed by atoms with Gasteiger partial charge < -0.3 is 0 Å². The van der Waals surface area contributed by atoms with Crippen LogP contribution in [0.5, 0.6) is 0 Å². The Kier molecular flexibility index (Phi) is 3.32. The molecular formula is CH2ClFO. The van der Waals surface area contributed by atoms with Crippen LogP contribution in [0.2, 0.25) is 0 Å². The van der Waals surface area contributed by atoms with E-state index in [-0.39, 0.29) is 6.07 Å². The Bertz CT molecular complexity index is 10.0. The summed E-state index contributed by atoms with van der Waals surface area (Å²) in [5.41, 5.74) is 0. The summed E-state index contributed by atoms with van der Waals surface area (Å²) in [7, 11) is 0. The summed E-state index contributed by atoms with van der Waals surface area (Å²) in [4.78, 5) is 2.81. The summed E-state index contributed by atoms with van der Waals surface area (Å²) in [6.07, 6.45) is 0. The van der Waals surface area contributed by atoms with Gasteiger partial charge in [0.05, 0.1) is 0 Å². The van der Waals surface area contributed by atoms with Crippen LogP contribution >= 0.6 is 11.6 Å². The van der Waals surface area contributed by atoms with Crippen LogP contribution in [0.25, 0.3) is 0 Å². The third-order valence-corrected chi connectivity index (χ3v) is 0.124. The van der Waals surface area contributed by atoms with Gasteiger partial charge in [0.1, 0.15) is 0 Å². The van der Waals surface area contributed by atoms with Gasteiger partial charge >= 0.3 is 0 Å². The minimum Gasteiger partial charge on any atom is -0.178 e. The van der Waals surface area contributed by atoms with E-state index in [1.165, 1.54) is 0 Å². The molecule has 0 radical (unpaired) electrons. The maximum absolute atomic E-state index is 10.1. The van der Waals surface area contributed by atoms with Crippen molar-refractivity contribution in [3.05, 3.63) is 0 Å². The van der Waals surface area contributed by atoms with Gasteiger partial charge in [0.25, 0.3) is 0 Å². The predicted octanol–water partition coefficient (Wildman–Crippen LogP) is 1.08. The smallest absolute Gasteiger partial charge is 0.161 e. The molecule has 0 bridgehead atoms. The Hall–Kier alpha value is 0.180. The van der Waals surface area contributed by atoms with Gasteiger partial charge in [0.2, 0.25) is 0 Å². The molecule has 3 heteroatoms. The molecule has 0 spiro atoms. The van der Waals surface area contributed by atoms with E-state index in [4.69, 9.17) is 0 Å². The molecule has 0 aromatic carbocycles. The van der Waals surface area contributed by atoms with Gasteiger partial charge in [-0.05, 0) is 4.53 Å². The fraction of sp³-hybridized carbons (Fsp3) is 1.00. The van der Waals surface area contributed by atoms with E-state index >= 15 is 0 Å². The summed E-state index contributed by atoms with van der Waals surface area (Å²) in [5, 5.41) is 0. The second-order valence-electron chi connectivity index (χ2n) is 0.218. The number of hydrogen-bond acceptors (Lipinski definition) is 1. The Morgan fingerprint density at radius 2 is 2.25 bits per heavy atom. The summed E-state index contributed by atoms with van der Waals surface area (Å²) in [6.45, 7) is 0. The zero-order valence-corrected chi connectivity index (χ0v) is 2.63. The molecule has 0 N–H and O–H groups in total. The quantitative estimate of drug-likeness (QED) is 0.432. The van der Waals surface area contributed by atoms with Gasteiger partial charge in [0, 0.05) is 0 Å². The highest BCUT2D eigenvalue weighted by molar-refractivity contribution is 6.16. The van der Waals surface area contributed by atoms with Gasteiger partial charge in [-0.2, -0.15) is 4.94 Å². The Morgan fingerprint density at radius 3 is 2.25 bits per heavy atom. The van der Waals surface area contributed by atoms with Crippen LogP contribution in [0.3, 0.4) is 0 Å². The van der Waals surface area contributed by atoms with E-state index in [1.807, 2.05) is 0 Å². The van der Waals surface area contributed by atoms with Crippen LogP contribution in [0, 0.1) is 0 Å². The normalized spacial score (nSPS) is 7.50. The molecule has 0 aliphatic carbocycles. The fourth-order valence-electron chi connectivity index (χ4n) is 0. The fourth-order valence-corrected chi connectivity index (χ4v) is 0. The highest BCUT2D eigenvalue weighted by Gasteiger charge is 1.60. The monoisotopic (exact) mass is 84.0 g/mol. The Morgan fingerprint density at radius 1 is 2.00 bits per heavy atom. The van der Waals surface area contributed by atoms with Crippen LogP contribution in [-0.4, -0.2) is 6.07 Å². The second kappa shape index (κ2) is 3.18. The van der Waals surface area contributed by atoms with Crippen molar-refractivity contribution >= 4 is 11.6 Å². The standard InChI is InChI=1S/CH2ClFO/c2-1-4-3/h1H2. The first-order valence-corrected chi connectivity index (χ1v) is 1.24. The average Bonchev–Trinajstić information content (AvgIpc) is 1.37. The molecule has 26 valence electrons. The molecule has 0 aromatic rings. The molecule has 0 rings (SSSR count). The lowest BCUT2D eigenvalue weighted by Gasteiger charge is -1.65. The van der Waals surface area contributed by atoms with E-state index in [0.717, 1.165) is 0 Å². The maximum atomic E-state index is 10.1. The maximum Gasteiger partial charge on any atom is 0.161 e. The van der Waals surface area contributed by atoms with Gasteiger partial charge in [-0.15, -0.1) is 0 Å². The van der Waals surface area contributed by atoms with Crippen LogP contribution < -0.4 is 0 Å². The molecule has 0 atom stereocenters. The van der Waals surface area contributed by atoms with Crippen LogP contribution in [0.1, 0.15) is 0 Å². The van der Waals surface area contributed by atoms with E-state index in [9.17, 15) is 4.53 Å². The number of alkyl halides is 1. The zero-order chi connectivity index (χ0) is 3.41. The predicted molar refractivity (Wildman–Crippen MR) is 12.9 cm³/mol. The van der Waals surface area contributed by atoms with Crippen LogP contribution in [0.15, 0.2) is 0 Å². The molecule has 4 heavy (non-hydrogen) atoms. The molecule has 0 unspecified atom stereocenters. The van der Waals surface area contributed by atoms with E-state index in [0.29, 0.717) is 0 Å². The lowest BCUT2D eigenvalue weighted by molar-refractivity contribution is -0.108.